The summed E-state index contributed by atoms with van der Waals surface area (Å²) in [7, 11) is 3.40. The number of methoxy groups -OCH3 is 2. The topological polar surface area (TPSA) is 68.8 Å². The SMILES string of the molecule is COCCCNC(CCCNC(=O)OC(C)(C)C)COC. The van der Waals surface area contributed by atoms with Gasteiger partial charge in [0, 0.05) is 33.4 Å². The second-order valence-corrected chi connectivity index (χ2v) is 6.02. The highest BCUT2D eigenvalue weighted by Gasteiger charge is 2.15. The molecular weight excluding hydrogens is 272 g/mol. The molecule has 1 amide bonds. The summed E-state index contributed by atoms with van der Waals surface area (Å²) in [6.07, 6.45) is 2.44. The van der Waals surface area contributed by atoms with Crippen molar-refractivity contribution in [3.63, 3.8) is 0 Å². The van der Waals surface area contributed by atoms with Crippen molar-refractivity contribution in [1.29, 1.82) is 0 Å². The Kier molecular flexibility index (Phi) is 11.3. The first-order valence-corrected chi connectivity index (χ1v) is 7.57. The highest BCUT2D eigenvalue weighted by atomic mass is 16.6. The average molecular weight is 304 g/mol. The van der Waals surface area contributed by atoms with Gasteiger partial charge in [-0.3, -0.25) is 0 Å². The predicted octanol–water partition coefficient (Wildman–Crippen LogP) is 1.93. The van der Waals surface area contributed by atoms with E-state index in [1.54, 1.807) is 14.2 Å². The first-order valence-electron chi connectivity index (χ1n) is 7.57. The second-order valence-electron chi connectivity index (χ2n) is 6.02. The van der Waals surface area contributed by atoms with Crippen LogP contribution in [0.1, 0.15) is 40.0 Å². The van der Waals surface area contributed by atoms with Crippen LogP contribution < -0.4 is 10.6 Å². The summed E-state index contributed by atoms with van der Waals surface area (Å²) in [5, 5.41) is 6.20. The van der Waals surface area contributed by atoms with Crippen LogP contribution in [-0.2, 0) is 14.2 Å². The summed E-state index contributed by atoms with van der Waals surface area (Å²) in [5.74, 6) is 0. The van der Waals surface area contributed by atoms with Crippen molar-refractivity contribution in [3.05, 3.63) is 0 Å². The summed E-state index contributed by atoms with van der Waals surface area (Å²) in [5.41, 5.74) is -0.453. The van der Waals surface area contributed by atoms with Gasteiger partial charge >= 0.3 is 6.09 Å². The van der Waals surface area contributed by atoms with Crippen LogP contribution in [0.15, 0.2) is 0 Å². The van der Waals surface area contributed by atoms with E-state index >= 15 is 0 Å². The number of carbonyl (C=O) groups is 1. The minimum absolute atomic E-state index is 0.298. The minimum atomic E-state index is -0.453. The molecule has 21 heavy (non-hydrogen) atoms. The zero-order chi connectivity index (χ0) is 16.1. The van der Waals surface area contributed by atoms with Crippen LogP contribution in [0, 0.1) is 0 Å². The number of rotatable bonds is 11. The average Bonchev–Trinajstić information content (AvgIpc) is 2.37. The summed E-state index contributed by atoms with van der Waals surface area (Å²) in [6.45, 7) is 8.49. The van der Waals surface area contributed by atoms with Crippen LogP contribution >= 0.6 is 0 Å². The molecule has 0 bridgehead atoms. The molecule has 0 aliphatic heterocycles. The summed E-state index contributed by atoms with van der Waals surface area (Å²) >= 11 is 0. The van der Waals surface area contributed by atoms with E-state index in [0.717, 1.165) is 32.4 Å². The van der Waals surface area contributed by atoms with Gasteiger partial charge in [-0.25, -0.2) is 4.79 Å². The van der Waals surface area contributed by atoms with E-state index < -0.39 is 5.60 Å². The van der Waals surface area contributed by atoms with Gasteiger partial charge in [0.15, 0.2) is 0 Å². The Balaban J connectivity index is 3.75. The zero-order valence-electron chi connectivity index (χ0n) is 14.2. The molecule has 0 fully saturated rings. The first kappa shape index (κ1) is 20.1. The molecule has 1 unspecified atom stereocenters. The molecule has 0 aliphatic carbocycles. The molecule has 0 saturated carbocycles. The maximum Gasteiger partial charge on any atom is 0.407 e. The van der Waals surface area contributed by atoms with Gasteiger partial charge in [0.25, 0.3) is 0 Å². The van der Waals surface area contributed by atoms with Gasteiger partial charge in [-0.2, -0.15) is 0 Å². The molecule has 6 nitrogen and oxygen atoms in total. The zero-order valence-corrected chi connectivity index (χ0v) is 14.2. The Morgan fingerprint density at radius 3 is 2.38 bits per heavy atom. The molecule has 6 heteroatoms. The third-order valence-corrected chi connectivity index (χ3v) is 2.72. The van der Waals surface area contributed by atoms with Gasteiger partial charge in [-0.05, 0) is 46.6 Å². The molecule has 0 aromatic carbocycles. The van der Waals surface area contributed by atoms with E-state index in [9.17, 15) is 4.79 Å². The normalized spacial score (nSPS) is 13.0. The molecule has 1 atom stereocenters. The molecular formula is C15H32N2O4. The minimum Gasteiger partial charge on any atom is -0.444 e. The molecule has 0 spiro atoms. The molecule has 0 aromatic heterocycles. The van der Waals surface area contributed by atoms with E-state index in [4.69, 9.17) is 14.2 Å². The molecule has 0 saturated heterocycles. The number of carbonyl (C=O) groups excluding carboxylic acids is 1. The Bertz CT molecular complexity index is 267. The van der Waals surface area contributed by atoms with Crippen molar-refractivity contribution in [2.45, 2.75) is 51.7 Å². The second kappa shape index (κ2) is 11.8. The molecule has 0 heterocycles. The summed E-state index contributed by atoms with van der Waals surface area (Å²) < 4.78 is 15.4. The van der Waals surface area contributed by atoms with Crippen molar-refractivity contribution in [2.75, 3.05) is 40.5 Å². The summed E-state index contributed by atoms with van der Waals surface area (Å²) in [6, 6.07) is 0.298. The number of nitrogens with one attached hydrogen (secondary N) is 2. The van der Waals surface area contributed by atoms with Crippen LogP contribution in [0.3, 0.4) is 0 Å². The molecule has 0 rings (SSSR count). The fourth-order valence-electron chi connectivity index (χ4n) is 1.82. The standard InChI is InChI=1S/C15H32N2O4/c1-15(2,3)21-14(18)17-9-6-8-13(12-20-5)16-10-7-11-19-4/h13,16H,6-12H2,1-5H3,(H,17,18). The van der Waals surface area contributed by atoms with Crippen molar-refractivity contribution >= 4 is 6.09 Å². The molecule has 126 valence electrons. The monoisotopic (exact) mass is 304 g/mol. The molecule has 2 N–H and O–H groups in total. The van der Waals surface area contributed by atoms with E-state index in [2.05, 4.69) is 10.6 Å². The van der Waals surface area contributed by atoms with Crippen LogP contribution in [0.25, 0.3) is 0 Å². The molecule has 0 aromatic rings. The van der Waals surface area contributed by atoms with Crippen LogP contribution in [0.4, 0.5) is 4.79 Å². The van der Waals surface area contributed by atoms with Crippen LogP contribution in [0.5, 0.6) is 0 Å². The van der Waals surface area contributed by atoms with E-state index in [1.165, 1.54) is 0 Å². The first-order chi connectivity index (χ1) is 9.89. The lowest BCUT2D eigenvalue weighted by atomic mass is 10.1. The van der Waals surface area contributed by atoms with Crippen LogP contribution in [-0.4, -0.2) is 58.3 Å². The van der Waals surface area contributed by atoms with Crippen LogP contribution in [0.2, 0.25) is 0 Å². The summed E-state index contributed by atoms with van der Waals surface area (Å²) in [4.78, 5) is 11.5. The number of hydrogen-bond donors (Lipinski definition) is 2. The number of ether oxygens (including phenoxy) is 3. The van der Waals surface area contributed by atoms with E-state index in [-0.39, 0.29) is 6.09 Å². The third-order valence-electron chi connectivity index (χ3n) is 2.72. The number of hydrogen-bond acceptors (Lipinski definition) is 5. The lowest BCUT2D eigenvalue weighted by Crippen LogP contribution is -2.36. The van der Waals surface area contributed by atoms with Crippen molar-refractivity contribution in [2.24, 2.45) is 0 Å². The van der Waals surface area contributed by atoms with Gasteiger partial charge in [0.2, 0.25) is 0 Å². The Morgan fingerprint density at radius 1 is 1.10 bits per heavy atom. The highest BCUT2D eigenvalue weighted by Crippen LogP contribution is 2.06. The fourth-order valence-corrected chi connectivity index (χ4v) is 1.82. The lowest BCUT2D eigenvalue weighted by Gasteiger charge is -2.20. The van der Waals surface area contributed by atoms with Gasteiger partial charge in [-0.15, -0.1) is 0 Å². The van der Waals surface area contributed by atoms with Crippen molar-refractivity contribution in [3.8, 4) is 0 Å². The maximum atomic E-state index is 11.5. The molecule has 0 radical (unpaired) electrons. The molecule has 0 aliphatic rings. The fraction of sp³-hybridized carbons (Fsp3) is 0.933. The van der Waals surface area contributed by atoms with Crippen molar-refractivity contribution in [1.82, 2.24) is 10.6 Å². The Labute approximate surface area is 128 Å². The van der Waals surface area contributed by atoms with Gasteiger partial charge in [-0.1, -0.05) is 0 Å². The maximum absolute atomic E-state index is 11.5. The van der Waals surface area contributed by atoms with Crippen molar-refractivity contribution < 1.29 is 19.0 Å². The van der Waals surface area contributed by atoms with Gasteiger partial charge < -0.3 is 24.8 Å². The Morgan fingerprint density at radius 2 is 1.81 bits per heavy atom. The largest absolute Gasteiger partial charge is 0.444 e. The number of amides is 1. The predicted molar refractivity (Wildman–Crippen MR) is 83.6 cm³/mol. The third kappa shape index (κ3) is 13.9. The van der Waals surface area contributed by atoms with E-state index in [0.29, 0.717) is 19.2 Å². The van der Waals surface area contributed by atoms with Gasteiger partial charge in [0.1, 0.15) is 5.60 Å². The quantitative estimate of drug-likeness (QED) is 0.571. The lowest BCUT2D eigenvalue weighted by molar-refractivity contribution is 0.0526. The highest BCUT2D eigenvalue weighted by molar-refractivity contribution is 5.67. The smallest absolute Gasteiger partial charge is 0.407 e. The number of alkyl carbamates (subject to hydrolysis) is 1. The van der Waals surface area contributed by atoms with Gasteiger partial charge in [0.05, 0.1) is 6.61 Å². The Hall–Kier alpha value is -0.850. The van der Waals surface area contributed by atoms with E-state index in [1.807, 2.05) is 20.8 Å².